The Hall–Kier alpha value is -3.50. The second-order valence-corrected chi connectivity index (χ2v) is 5.77. The lowest BCUT2D eigenvalue weighted by Crippen LogP contribution is -2.22. The Kier molecular flexibility index (Phi) is 5.14. The average molecular weight is 347 g/mol. The molecule has 25 heavy (non-hydrogen) atoms. The Morgan fingerprint density at radius 3 is 2.44 bits per heavy atom. The molecule has 2 N–H and O–H groups in total. The number of nitriles is 1. The van der Waals surface area contributed by atoms with Crippen LogP contribution in [0.4, 0.5) is 10.8 Å². The predicted octanol–water partition coefficient (Wildman–Crippen LogP) is 3.74. The number of nitrogens with zero attached hydrogens (tertiary/aromatic N) is 3. The first-order valence-electron chi connectivity index (χ1n) is 7.37. The van der Waals surface area contributed by atoms with Gasteiger partial charge in [-0.1, -0.05) is 48.5 Å². The molecular weight excluding hydrogens is 334 g/mol. The highest BCUT2D eigenvalue weighted by molar-refractivity contribution is 7.14. The molecule has 0 unspecified atom stereocenters. The first kappa shape index (κ1) is 16.4. The fraction of sp³-hybridized carbons (Fsp3) is 0. The van der Waals surface area contributed by atoms with Crippen molar-refractivity contribution in [1.82, 2.24) is 4.98 Å². The van der Waals surface area contributed by atoms with Gasteiger partial charge >= 0.3 is 0 Å². The van der Waals surface area contributed by atoms with E-state index >= 15 is 0 Å². The van der Waals surface area contributed by atoms with Crippen LogP contribution in [0.2, 0.25) is 0 Å². The van der Waals surface area contributed by atoms with Gasteiger partial charge in [0, 0.05) is 10.9 Å². The van der Waals surface area contributed by atoms with Crippen LogP contribution in [0.15, 0.2) is 71.1 Å². The van der Waals surface area contributed by atoms with Gasteiger partial charge < -0.3 is 0 Å². The molecule has 1 aromatic heterocycles. The van der Waals surface area contributed by atoms with Crippen molar-refractivity contribution in [2.45, 2.75) is 0 Å². The largest absolute Gasteiger partial charge is 0.296 e. The van der Waals surface area contributed by atoms with Crippen LogP contribution < -0.4 is 10.7 Å². The number of rotatable bonds is 5. The number of carbonyl (C=O) groups is 1. The number of carbonyl (C=O) groups excluding carboxylic acids is 1. The molecule has 0 aliphatic heterocycles. The van der Waals surface area contributed by atoms with Crippen LogP contribution in [-0.4, -0.2) is 16.6 Å². The van der Waals surface area contributed by atoms with Crippen LogP contribution in [0.25, 0.3) is 11.3 Å². The summed E-state index contributed by atoms with van der Waals surface area (Å²) < 4.78 is 0. The van der Waals surface area contributed by atoms with Crippen molar-refractivity contribution >= 4 is 33.8 Å². The second kappa shape index (κ2) is 7.86. The van der Waals surface area contributed by atoms with Gasteiger partial charge in [-0.25, -0.2) is 4.98 Å². The monoisotopic (exact) mass is 347 g/mol. The summed E-state index contributed by atoms with van der Waals surface area (Å²) in [4.78, 5) is 16.5. The minimum atomic E-state index is -0.611. The molecule has 0 aliphatic carbocycles. The van der Waals surface area contributed by atoms with Crippen molar-refractivity contribution in [3.05, 3.63) is 66.0 Å². The highest BCUT2D eigenvalue weighted by Crippen LogP contribution is 2.24. The number of hydrogen-bond donors (Lipinski definition) is 2. The quantitative estimate of drug-likeness (QED) is 0.543. The number of anilines is 2. The van der Waals surface area contributed by atoms with Gasteiger partial charge in [0.25, 0.3) is 5.91 Å². The van der Waals surface area contributed by atoms with Gasteiger partial charge in [-0.05, 0) is 12.1 Å². The molecule has 0 saturated carbocycles. The number of aromatic nitrogens is 1. The predicted molar refractivity (Wildman–Crippen MR) is 99.3 cm³/mol. The van der Waals surface area contributed by atoms with Crippen LogP contribution >= 0.6 is 11.3 Å². The Morgan fingerprint density at radius 2 is 1.76 bits per heavy atom. The lowest BCUT2D eigenvalue weighted by atomic mass is 10.2. The average Bonchev–Trinajstić information content (AvgIpc) is 3.12. The minimum Gasteiger partial charge on any atom is -0.296 e. The van der Waals surface area contributed by atoms with Gasteiger partial charge in [0.15, 0.2) is 5.13 Å². The van der Waals surface area contributed by atoms with E-state index in [9.17, 15) is 4.79 Å². The third kappa shape index (κ3) is 4.28. The van der Waals surface area contributed by atoms with E-state index in [1.165, 1.54) is 11.3 Å². The third-order valence-corrected chi connectivity index (χ3v) is 3.94. The number of amides is 1. The second-order valence-electron chi connectivity index (χ2n) is 4.91. The van der Waals surface area contributed by atoms with E-state index in [0.717, 1.165) is 11.3 Å². The maximum atomic E-state index is 12.2. The van der Waals surface area contributed by atoms with Crippen molar-refractivity contribution in [3.63, 3.8) is 0 Å². The highest BCUT2D eigenvalue weighted by atomic mass is 32.1. The van der Waals surface area contributed by atoms with Crippen molar-refractivity contribution < 1.29 is 4.79 Å². The van der Waals surface area contributed by atoms with Crippen LogP contribution in [0.3, 0.4) is 0 Å². The number of hydrogen-bond acceptors (Lipinski definition) is 6. The van der Waals surface area contributed by atoms with Gasteiger partial charge in [0.05, 0.1) is 11.4 Å². The summed E-state index contributed by atoms with van der Waals surface area (Å²) >= 11 is 1.29. The molecule has 0 bridgehead atoms. The molecule has 3 rings (SSSR count). The van der Waals surface area contributed by atoms with E-state index in [1.54, 1.807) is 18.2 Å². The molecule has 0 saturated heterocycles. The lowest BCUT2D eigenvalue weighted by Gasteiger charge is -2.01. The number of para-hydroxylation sites is 1. The molecule has 0 radical (unpaired) electrons. The molecule has 0 atom stereocenters. The molecule has 0 fully saturated rings. The van der Waals surface area contributed by atoms with Crippen LogP contribution in [0, 0.1) is 11.3 Å². The topological polar surface area (TPSA) is 90.2 Å². The number of benzene rings is 2. The van der Waals surface area contributed by atoms with Crippen molar-refractivity contribution in [2.24, 2.45) is 5.10 Å². The maximum Gasteiger partial charge on any atom is 0.288 e. The van der Waals surface area contributed by atoms with Gasteiger partial charge in [-0.15, -0.1) is 11.3 Å². The Labute approximate surface area is 148 Å². The first-order valence-corrected chi connectivity index (χ1v) is 8.25. The number of nitrogens with one attached hydrogen (secondary N) is 2. The van der Waals surface area contributed by atoms with Crippen LogP contribution in [0.1, 0.15) is 0 Å². The van der Waals surface area contributed by atoms with Crippen molar-refractivity contribution in [1.29, 1.82) is 5.26 Å². The molecule has 1 amide bonds. The summed E-state index contributed by atoms with van der Waals surface area (Å²) in [5, 5.41) is 17.8. The van der Waals surface area contributed by atoms with E-state index in [4.69, 9.17) is 5.26 Å². The molecule has 0 aliphatic rings. The molecular formula is C18H13N5OS. The van der Waals surface area contributed by atoms with Gasteiger partial charge in [-0.3, -0.25) is 15.5 Å². The number of hydrazone groups is 1. The molecule has 1 heterocycles. The fourth-order valence-electron chi connectivity index (χ4n) is 1.99. The highest BCUT2D eigenvalue weighted by Gasteiger charge is 2.14. The maximum absolute atomic E-state index is 12.2. The van der Waals surface area contributed by atoms with Gasteiger partial charge in [0.2, 0.25) is 5.71 Å². The Morgan fingerprint density at radius 1 is 1.08 bits per heavy atom. The van der Waals surface area contributed by atoms with Crippen molar-refractivity contribution in [3.8, 4) is 17.3 Å². The third-order valence-electron chi connectivity index (χ3n) is 3.19. The molecule has 3 aromatic rings. The van der Waals surface area contributed by atoms with E-state index in [2.05, 4.69) is 20.8 Å². The molecule has 2 aromatic carbocycles. The molecule has 0 spiro atoms. The first-order chi connectivity index (χ1) is 12.3. The standard InChI is InChI=1S/C18H13N5OS/c19-11-15(23-22-14-9-5-2-6-10-14)17(24)21-18-20-16(12-25-18)13-7-3-1-4-8-13/h1-10,12,22H,(H,20,21,24)/b23-15+. The zero-order valence-corrected chi connectivity index (χ0v) is 13.8. The van der Waals surface area contributed by atoms with E-state index in [1.807, 2.05) is 53.9 Å². The normalized spacial score (nSPS) is 10.8. The zero-order valence-electron chi connectivity index (χ0n) is 13.0. The summed E-state index contributed by atoms with van der Waals surface area (Å²) in [6, 6.07) is 20.5. The minimum absolute atomic E-state index is 0.277. The molecule has 7 heteroatoms. The van der Waals surface area contributed by atoms with Crippen LogP contribution in [-0.2, 0) is 4.79 Å². The number of thiazole rings is 1. The summed E-state index contributed by atoms with van der Waals surface area (Å²) in [5.41, 5.74) is 4.81. The smallest absolute Gasteiger partial charge is 0.288 e. The van der Waals surface area contributed by atoms with Crippen LogP contribution in [0.5, 0.6) is 0 Å². The van der Waals surface area contributed by atoms with E-state index in [-0.39, 0.29) is 5.71 Å². The lowest BCUT2D eigenvalue weighted by molar-refractivity contribution is -0.110. The van der Waals surface area contributed by atoms with Gasteiger partial charge in [0.1, 0.15) is 6.07 Å². The summed E-state index contributed by atoms with van der Waals surface area (Å²) in [6.07, 6.45) is 0. The van der Waals surface area contributed by atoms with Gasteiger partial charge in [-0.2, -0.15) is 10.4 Å². The zero-order chi connectivity index (χ0) is 17.5. The molecule has 6 nitrogen and oxygen atoms in total. The fourth-order valence-corrected chi connectivity index (χ4v) is 2.70. The SMILES string of the molecule is N#C/C(=N\Nc1ccccc1)C(=O)Nc1nc(-c2ccccc2)cs1. The summed E-state index contributed by atoms with van der Waals surface area (Å²) in [7, 11) is 0. The summed E-state index contributed by atoms with van der Waals surface area (Å²) in [5.74, 6) is -0.611. The van der Waals surface area contributed by atoms with Crippen molar-refractivity contribution in [2.75, 3.05) is 10.7 Å². The summed E-state index contributed by atoms with van der Waals surface area (Å²) in [6.45, 7) is 0. The van der Waals surface area contributed by atoms with E-state index in [0.29, 0.717) is 10.8 Å². The Bertz CT molecular complexity index is 929. The Balaban J connectivity index is 1.68. The van der Waals surface area contributed by atoms with E-state index < -0.39 is 5.91 Å². The molecule has 122 valence electrons.